The largest absolute Gasteiger partial charge is 0.433 e. The number of hydrogen-bond acceptors (Lipinski definition) is 1. The highest BCUT2D eigenvalue weighted by atomic mass is 35.5. The molecular formula is C13H6Cl4F2O. The van der Waals surface area contributed by atoms with Gasteiger partial charge in [0.25, 0.3) is 0 Å². The van der Waals surface area contributed by atoms with E-state index < -0.39 is 6.61 Å². The predicted molar refractivity (Wildman–Crippen MR) is 78.6 cm³/mol. The van der Waals surface area contributed by atoms with Gasteiger partial charge in [0.05, 0.1) is 15.1 Å². The van der Waals surface area contributed by atoms with E-state index in [4.69, 9.17) is 46.4 Å². The van der Waals surface area contributed by atoms with Crippen LogP contribution in [-0.4, -0.2) is 6.61 Å². The highest BCUT2D eigenvalue weighted by Crippen LogP contribution is 2.39. The van der Waals surface area contributed by atoms with Crippen LogP contribution in [0.3, 0.4) is 0 Å². The van der Waals surface area contributed by atoms with Gasteiger partial charge >= 0.3 is 6.61 Å². The van der Waals surface area contributed by atoms with Crippen molar-refractivity contribution in [3.63, 3.8) is 0 Å². The smallest absolute Gasteiger partial charge is 0.387 e. The number of ether oxygens (including phenoxy) is 1. The first-order valence-electron chi connectivity index (χ1n) is 5.27. The topological polar surface area (TPSA) is 9.23 Å². The number of hydrogen-bond donors (Lipinski definition) is 0. The summed E-state index contributed by atoms with van der Waals surface area (Å²) < 4.78 is 28.6. The van der Waals surface area contributed by atoms with E-state index in [9.17, 15) is 8.78 Å². The number of halogens is 6. The maximum atomic E-state index is 12.2. The molecule has 0 radical (unpaired) electrons. The Bertz CT molecular complexity index is 623. The molecule has 2 aromatic carbocycles. The first kappa shape index (κ1) is 15.6. The van der Waals surface area contributed by atoms with Crippen molar-refractivity contribution in [2.45, 2.75) is 6.61 Å². The van der Waals surface area contributed by atoms with E-state index in [0.29, 0.717) is 26.2 Å². The van der Waals surface area contributed by atoms with Gasteiger partial charge in [-0.25, -0.2) is 0 Å². The van der Waals surface area contributed by atoms with Crippen molar-refractivity contribution in [2.24, 2.45) is 0 Å². The zero-order valence-electron chi connectivity index (χ0n) is 9.64. The van der Waals surface area contributed by atoms with Gasteiger partial charge in [0.2, 0.25) is 0 Å². The van der Waals surface area contributed by atoms with Crippen molar-refractivity contribution < 1.29 is 13.5 Å². The van der Waals surface area contributed by atoms with E-state index in [0.717, 1.165) is 0 Å². The van der Waals surface area contributed by atoms with Gasteiger partial charge in [-0.05, 0) is 29.8 Å². The fourth-order valence-corrected chi connectivity index (χ4v) is 2.93. The van der Waals surface area contributed by atoms with Crippen LogP contribution in [-0.2, 0) is 0 Å². The van der Waals surface area contributed by atoms with E-state index in [1.807, 2.05) is 0 Å². The fraction of sp³-hybridized carbons (Fsp3) is 0.0769. The minimum Gasteiger partial charge on any atom is -0.433 e. The van der Waals surface area contributed by atoms with Crippen LogP contribution in [0.5, 0.6) is 5.75 Å². The van der Waals surface area contributed by atoms with Crippen molar-refractivity contribution in [1.82, 2.24) is 0 Å². The van der Waals surface area contributed by atoms with Crippen LogP contribution in [0.2, 0.25) is 20.1 Å². The van der Waals surface area contributed by atoms with Crippen molar-refractivity contribution >= 4 is 46.4 Å². The van der Waals surface area contributed by atoms with E-state index in [1.54, 1.807) is 0 Å². The molecule has 0 aromatic heterocycles. The number of rotatable bonds is 3. The Hall–Kier alpha value is -0.740. The first-order chi connectivity index (χ1) is 9.38. The van der Waals surface area contributed by atoms with E-state index in [2.05, 4.69) is 4.74 Å². The Balaban J connectivity index is 2.47. The Morgan fingerprint density at radius 3 is 1.95 bits per heavy atom. The molecule has 0 aliphatic heterocycles. The van der Waals surface area contributed by atoms with Crippen LogP contribution < -0.4 is 4.74 Å². The normalized spacial score (nSPS) is 10.9. The van der Waals surface area contributed by atoms with Crippen LogP contribution in [0.15, 0.2) is 30.3 Å². The first-order valence-corrected chi connectivity index (χ1v) is 6.79. The minimum atomic E-state index is -2.94. The summed E-state index contributed by atoms with van der Waals surface area (Å²) >= 11 is 23.9. The monoisotopic (exact) mass is 356 g/mol. The molecule has 0 bridgehead atoms. The van der Waals surface area contributed by atoms with Crippen molar-refractivity contribution in [1.29, 1.82) is 0 Å². The molecule has 0 fully saturated rings. The molecule has 106 valence electrons. The van der Waals surface area contributed by atoms with Crippen molar-refractivity contribution in [3.8, 4) is 16.9 Å². The summed E-state index contributed by atoms with van der Waals surface area (Å²) in [4.78, 5) is 0. The summed E-state index contributed by atoms with van der Waals surface area (Å²) in [5.41, 5.74) is 1.09. The van der Waals surface area contributed by atoms with Crippen LogP contribution in [0.25, 0.3) is 11.1 Å². The van der Waals surface area contributed by atoms with Gasteiger partial charge in [-0.2, -0.15) is 8.78 Å². The molecule has 1 nitrogen and oxygen atoms in total. The third-order valence-electron chi connectivity index (χ3n) is 2.44. The lowest BCUT2D eigenvalue weighted by molar-refractivity contribution is -0.0497. The van der Waals surface area contributed by atoms with Gasteiger partial charge < -0.3 is 4.74 Å². The molecule has 0 unspecified atom stereocenters. The van der Waals surface area contributed by atoms with Crippen molar-refractivity contribution in [2.75, 3.05) is 0 Å². The molecule has 0 aliphatic carbocycles. The molecule has 0 N–H and O–H groups in total. The van der Waals surface area contributed by atoms with E-state index >= 15 is 0 Å². The summed E-state index contributed by atoms with van der Waals surface area (Å²) in [6, 6.07) is 7.36. The number of alkyl halides is 2. The quantitative estimate of drug-likeness (QED) is 0.603. The van der Waals surface area contributed by atoms with Gasteiger partial charge in [-0.1, -0.05) is 52.5 Å². The molecule has 7 heteroatoms. The summed E-state index contributed by atoms with van der Waals surface area (Å²) in [5, 5.41) is 1.10. The zero-order valence-corrected chi connectivity index (χ0v) is 12.7. The molecule has 0 saturated heterocycles. The molecule has 2 rings (SSSR count). The Kier molecular flexibility index (Phi) is 4.97. The van der Waals surface area contributed by atoms with Crippen LogP contribution in [0.4, 0.5) is 8.78 Å². The highest BCUT2D eigenvalue weighted by Gasteiger charge is 2.14. The van der Waals surface area contributed by atoms with Gasteiger partial charge in [-0.3, -0.25) is 0 Å². The summed E-state index contributed by atoms with van der Waals surface area (Å²) in [7, 11) is 0. The molecule has 0 heterocycles. The summed E-state index contributed by atoms with van der Waals surface area (Å²) in [6.45, 7) is -2.94. The second-order valence-electron chi connectivity index (χ2n) is 3.77. The fourth-order valence-electron chi connectivity index (χ4n) is 1.67. The minimum absolute atomic E-state index is 0.0323. The molecule has 2 aromatic rings. The Morgan fingerprint density at radius 1 is 0.850 bits per heavy atom. The molecule has 0 aliphatic rings. The van der Waals surface area contributed by atoms with E-state index in [1.165, 1.54) is 30.3 Å². The maximum absolute atomic E-state index is 12.2. The molecule has 0 saturated carbocycles. The van der Waals surface area contributed by atoms with Gasteiger partial charge in [0, 0.05) is 10.6 Å². The lowest BCUT2D eigenvalue weighted by Gasteiger charge is -2.11. The predicted octanol–water partition coefficient (Wildman–Crippen LogP) is 6.57. The highest BCUT2D eigenvalue weighted by molar-refractivity contribution is 6.42. The van der Waals surface area contributed by atoms with Gasteiger partial charge in [0.1, 0.15) is 5.75 Å². The summed E-state index contributed by atoms with van der Waals surface area (Å²) in [5.74, 6) is -0.119. The Morgan fingerprint density at radius 2 is 1.45 bits per heavy atom. The van der Waals surface area contributed by atoms with Gasteiger partial charge in [-0.15, -0.1) is 0 Å². The molecule has 0 amide bonds. The second-order valence-corrected chi connectivity index (χ2v) is 5.43. The average molecular weight is 358 g/mol. The maximum Gasteiger partial charge on any atom is 0.387 e. The van der Waals surface area contributed by atoms with Crippen LogP contribution >= 0.6 is 46.4 Å². The van der Waals surface area contributed by atoms with Gasteiger partial charge in [0.15, 0.2) is 0 Å². The third kappa shape index (κ3) is 3.47. The Labute approximate surface area is 134 Å². The van der Waals surface area contributed by atoms with Crippen molar-refractivity contribution in [3.05, 3.63) is 50.4 Å². The molecule has 0 atom stereocenters. The van der Waals surface area contributed by atoms with E-state index in [-0.39, 0.29) is 10.8 Å². The second kappa shape index (κ2) is 6.35. The van der Waals surface area contributed by atoms with Crippen LogP contribution in [0.1, 0.15) is 0 Å². The number of benzene rings is 2. The third-order valence-corrected chi connectivity index (χ3v) is 3.55. The molecular weight excluding hydrogens is 352 g/mol. The standard InChI is InChI=1S/C13H6Cl4F2O/c14-7-4-9(16)12(10(17)5-7)6-1-2-11(8(15)3-6)20-13(18)19/h1-5,13H. The lowest BCUT2D eigenvalue weighted by Crippen LogP contribution is -2.02. The summed E-state index contributed by atoms with van der Waals surface area (Å²) in [6.07, 6.45) is 0. The zero-order chi connectivity index (χ0) is 14.9. The lowest BCUT2D eigenvalue weighted by atomic mass is 10.1. The van der Waals surface area contributed by atoms with Crippen LogP contribution in [0, 0.1) is 0 Å². The molecule has 0 spiro atoms. The average Bonchev–Trinajstić information content (AvgIpc) is 2.30. The SMILES string of the molecule is FC(F)Oc1ccc(-c2c(Cl)cc(Cl)cc2Cl)cc1Cl. The molecule has 20 heavy (non-hydrogen) atoms.